The highest BCUT2D eigenvalue weighted by molar-refractivity contribution is 9.10. The third-order valence-corrected chi connectivity index (χ3v) is 7.21. The quantitative estimate of drug-likeness (QED) is 0.607. The molecule has 31 heavy (non-hydrogen) atoms. The van der Waals surface area contributed by atoms with E-state index in [1.165, 1.54) is 16.4 Å². The molecular formula is C20H20BrF3N2O4S. The predicted octanol–water partition coefficient (Wildman–Crippen LogP) is 4.53. The van der Waals surface area contributed by atoms with Crippen LogP contribution in [0.5, 0.6) is 5.75 Å². The standard InChI is InChI=1S/C20H20BrF3N2O4S/c21-16-3-1-14(2-4-16)13-31(28,29)26-11-9-15(10-12-26)19(27)25-17-5-7-18(8-6-17)30-20(22,23)24/h1-8,15H,9-13H2,(H,25,27). The van der Waals surface area contributed by atoms with Crippen LogP contribution in [0.3, 0.4) is 0 Å². The van der Waals surface area contributed by atoms with E-state index >= 15 is 0 Å². The smallest absolute Gasteiger partial charge is 0.406 e. The number of hydrogen-bond donors (Lipinski definition) is 1. The Kier molecular flexibility index (Phi) is 7.28. The van der Waals surface area contributed by atoms with Gasteiger partial charge in [0.15, 0.2) is 0 Å². The van der Waals surface area contributed by atoms with Crippen LogP contribution in [-0.2, 0) is 20.6 Å². The summed E-state index contributed by atoms with van der Waals surface area (Å²) in [6, 6.07) is 11.9. The number of nitrogens with zero attached hydrogens (tertiary/aromatic N) is 1. The molecule has 1 N–H and O–H groups in total. The zero-order valence-electron chi connectivity index (χ0n) is 16.2. The van der Waals surface area contributed by atoms with Crippen molar-refractivity contribution in [2.24, 2.45) is 5.92 Å². The molecule has 0 bridgehead atoms. The number of halogens is 4. The van der Waals surface area contributed by atoms with Crippen molar-refractivity contribution in [2.45, 2.75) is 25.0 Å². The summed E-state index contributed by atoms with van der Waals surface area (Å²) in [5.74, 6) is -1.17. The molecule has 2 aromatic rings. The number of carbonyl (C=O) groups is 1. The summed E-state index contributed by atoms with van der Waals surface area (Å²) < 4.78 is 68.0. The SMILES string of the molecule is O=C(Nc1ccc(OC(F)(F)F)cc1)C1CCN(S(=O)(=O)Cc2ccc(Br)cc2)CC1. The number of hydrogen-bond acceptors (Lipinski definition) is 4. The highest BCUT2D eigenvalue weighted by atomic mass is 79.9. The number of alkyl halides is 3. The van der Waals surface area contributed by atoms with E-state index in [0.717, 1.165) is 16.6 Å². The molecule has 11 heteroatoms. The number of piperidine rings is 1. The van der Waals surface area contributed by atoms with E-state index in [9.17, 15) is 26.4 Å². The first-order valence-corrected chi connectivity index (χ1v) is 11.8. The molecule has 2 aromatic carbocycles. The second-order valence-corrected chi connectivity index (χ2v) is 10.0. The molecule has 1 saturated heterocycles. The molecule has 168 valence electrons. The molecule has 0 unspecified atom stereocenters. The fraction of sp³-hybridized carbons (Fsp3) is 0.350. The van der Waals surface area contributed by atoms with Crippen LogP contribution in [0.15, 0.2) is 53.0 Å². The molecule has 0 aliphatic carbocycles. The molecule has 1 aliphatic rings. The average Bonchev–Trinajstić information content (AvgIpc) is 2.70. The van der Waals surface area contributed by atoms with Gasteiger partial charge in [-0.25, -0.2) is 12.7 Å². The highest BCUT2D eigenvalue weighted by Gasteiger charge is 2.32. The number of ether oxygens (including phenoxy) is 1. The number of nitrogens with one attached hydrogen (secondary N) is 1. The Balaban J connectivity index is 1.51. The molecule has 1 heterocycles. The van der Waals surface area contributed by atoms with Gasteiger partial charge >= 0.3 is 6.36 Å². The van der Waals surface area contributed by atoms with Gasteiger partial charge < -0.3 is 10.1 Å². The van der Waals surface area contributed by atoms with Crippen LogP contribution in [0.1, 0.15) is 18.4 Å². The van der Waals surface area contributed by atoms with Gasteiger partial charge in [-0.2, -0.15) is 0 Å². The maximum atomic E-state index is 12.7. The van der Waals surface area contributed by atoms with Gasteiger partial charge in [-0.3, -0.25) is 4.79 Å². The Morgan fingerprint density at radius 1 is 1.06 bits per heavy atom. The van der Waals surface area contributed by atoms with Gasteiger partial charge in [0, 0.05) is 29.2 Å². The van der Waals surface area contributed by atoms with E-state index in [1.807, 2.05) is 0 Å². The van der Waals surface area contributed by atoms with Crippen molar-refractivity contribution < 1.29 is 31.1 Å². The van der Waals surface area contributed by atoms with Gasteiger partial charge in [0.25, 0.3) is 0 Å². The summed E-state index contributed by atoms with van der Waals surface area (Å²) in [5.41, 5.74) is 1.02. The minimum absolute atomic E-state index is 0.108. The Labute approximate surface area is 186 Å². The largest absolute Gasteiger partial charge is 0.573 e. The number of benzene rings is 2. The summed E-state index contributed by atoms with van der Waals surface area (Å²) in [6.45, 7) is 0.463. The second-order valence-electron chi connectivity index (χ2n) is 7.12. The molecule has 0 atom stereocenters. The minimum atomic E-state index is -4.78. The van der Waals surface area contributed by atoms with E-state index in [4.69, 9.17) is 0 Å². The van der Waals surface area contributed by atoms with E-state index in [-0.39, 0.29) is 36.4 Å². The number of anilines is 1. The lowest BCUT2D eigenvalue weighted by molar-refractivity contribution is -0.274. The number of rotatable bonds is 6. The summed E-state index contributed by atoms with van der Waals surface area (Å²) in [4.78, 5) is 12.5. The first-order chi connectivity index (χ1) is 14.5. The summed E-state index contributed by atoms with van der Waals surface area (Å²) in [6.07, 6.45) is -4.06. The van der Waals surface area contributed by atoms with Gasteiger partial charge in [0.1, 0.15) is 5.75 Å². The topological polar surface area (TPSA) is 75.7 Å². The third kappa shape index (κ3) is 6.94. The van der Waals surface area contributed by atoms with Crippen LogP contribution in [0.25, 0.3) is 0 Å². The normalized spacial score (nSPS) is 16.1. The fourth-order valence-corrected chi connectivity index (χ4v) is 5.09. The number of amides is 1. The number of carbonyl (C=O) groups excluding carboxylic acids is 1. The lowest BCUT2D eigenvalue weighted by atomic mass is 9.97. The summed E-state index contributed by atoms with van der Waals surface area (Å²) >= 11 is 3.31. The van der Waals surface area contributed by atoms with Crippen LogP contribution >= 0.6 is 15.9 Å². The molecule has 1 fully saturated rings. The summed E-state index contributed by atoms with van der Waals surface area (Å²) in [5, 5.41) is 2.65. The zero-order valence-corrected chi connectivity index (χ0v) is 18.6. The minimum Gasteiger partial charge on any atom is -0.406 e. The van der Waals surface area contributed by atoms with Crippen molar-refractivity contribution in [2.75, 3.05) is 18.4 Å². The van der Waals surface area contributed by atoms with Crippen molar-refractivity contribution in [1.82, 2.24) is 4.31 Å². The van der Waals surface area contributed by atoms with Crippen molar-refractivity contribution in [3.63, 3.8) is 0 Å². The lowest BCUT2D eigenvalue weighted by Gasteiger charge is -2.30. The monoisotopic (exact) mass is 520 g/mol. The van der Waals surface area contributed by atoms with E-state index in [2.05, 4.69) is 26.0 Å². The zero-order chi connectivity index (χ0) is 22.6. The van der Waals surface area contributed by atoms with Crippen molar-refractivity contribution in [3.8, 4) is 5.75 Å². The van der Waals surface area contributed by atoms with Crippen molar-refractivity contribution in [1.29, 1.82) is 0 Å². The van der Waals surface area contributed by atoms with Gasteiger partial charge in [-0.15, -0.1) is 13.2 Å². The molecule has 0 radical (unpaired) electrons. The second kappa shape index (κ2) is 9.58. The molecule has 0 saturated carbocycles. The predicted molar refractivity (Wildman–Crippen MR) is 113 cm³/mol. The molecular weight excluding hydrogens is 501 g/mol. The molecule has 6 nitrogen and oxygen atoms in total. The number of sulfonamides is 1. The van der Waals surface area contributed by atoms with Crippen LogP contribution in [0.4, 0.5) is 18.9 Å². The highest BCUT2D eigenvalue weighted by Crippen LogP contribution is 2.26. The Morgan fingerprint density at radius 2 is 1.65 bits per heavy atom. The van der Waals surface area contributed by atoms with Crippen LogP contribution in [0.2, 0.25) is 0 Å². The maximum Gasteiger partial charge on any atom is 0.573 e. The van der Waals surface area contributed by atoms with Crippen molar-refractivity contribution in [3.05, 3.63) is 58.6 Å². The van der Waals surface area contributed by atoms with Gasteiger partial charge in [0.05, 0.1) is 5.75 Å². The molecule has 0 spiro atoms. The average molecular weight is 521 g/mol. The molecule has 0 aromatic heterocycles. The maximum absolute atomic E-state index is 12.7. The summed E-state index contributed by atoms with van der Waals surface area (Å²) in [7, 11) is -3.50. The molecule has 3 rings (SSSR count). The molecule has 1 amide bonds. The lowest BCUT2D eigenvalue weighted by Crippen LogP contribution is -2.41. The Hall–Kier alpha value is -2.11. The van der Waals surface area contributed by atoms with Crippen LogP contribution in [0, 0.1) is 5.92 Å². The van der Waals surface area contributed by atoms with E-state index in [0.29, 0.717) is 24.1 Å². The first kappa shape index (κ1) is 23.6. The van der Waals surface area contributed by atoms with Crippen LogP contribution < -0.4 is 10.1 Å². The Bertz CT molecular complexity index is 1000. The first-order valence-electron chi connectivity index (χ1n) is 9.41. The van der Waals surface area contributed by atoms with Crippen molar-refractivity contribution >= 4 is 37.5 Å². The van der Waals surface area contributed by atoms with Crippen LogP contribution in [-0.4, -0.2) is 38.1 Å². The Morgan fingerprint density at radius 3 is 2.19 bits per heavy atom. The molecule has 1 aliphatic heterocycles. The third-order valence-electron chi connectivity index (χ3n) is 4.84. The van der Waals surface area contributed by atoms with E-state index in [1.54, 1.807) is 24.3 Å². The van der Waals surface area contributed by atoms with Gasteiger partial charge in [-0.1, -0.05) is 28.1 Å². The van der Waals surface area contributed by atoms with E-state index < -0.39 is 16.4 Å². The van der Waals surface area contributed by atoms with Gasteiger partial charge in [0.2, 0.25) is 15.9 Å². The van der Waals surface area contributed by atoms with Gasteiger partial charge in [-0.05, 0) is 54.8 Å². The fourth-order valence-electron chi connectivity index (χ4n) is 3.26.